The maximum absolute atomic E-state index is 12.3. The zero-order chi connectivity index (χ0) is 20.1. The van der Waals surface area contributed by atoms with E-state index in [0.717, 1.165) is 0 Å². The molecule has 0 aliphatic heterocycles. The van der Waals surface area contributed by atoms with E-state index in [9.17, 15) is 4.79 Å². The average molecular weight is 385 g/mol. The lowest BCUT2D eigenvalue weighted by Gasteiger charge is -2.12. The van der Waals surface area contributed by atoms with Crippen molar-refractivity contribution in [2.24, 2.45) is 0 Å². The van der Waals surface area contributed by atoms with Gasteiger partial charge in [0.05, 0.1) is 28.4 Å². The van der Waals surface area contributed by atoms with Crippen molar-refractivity contribution in [3.63, 3.8) is 0 Å². The van der Waals surface area contributed by atoms with E-state index in [1.165, 1.54) is 21.3 Å². The van der Waals surface area contributed by atoms with Crippen LogP contribution in [0.3, 0.4) is 0 Å². The molecule has 0 spiro atoms. The molecular weight excluding hydrogens is 366 g/mol. The van der Waals surface area contributed by atoms with Gasteiger partial charge in [0.2, 0.25) is 11.6 Å². The Morgan fingerprint density at radius 2 is 1.54 bits per heavy atom. The van der Waals surface area contributed by atoms with E-state index in [4.69, 9.17) is 23.4 Å². The van der Waals surface area contributed by atoms with Gasteiger partial charge in [-0.2, -0.15) is 0 Å². The molecule has 0 fully saturated rings. The highest BCUT2D eigenvalue weighted by Gasteiger charge is 2.18. The van der Waals surface area contributed by atoms with Crippen molar-refractivity contribution in [2.45, 2.75) is 0 Å². The SMILES string of the molecule is COc1ccc(C(=O)Nc2nnc(-c3cc(OC)c(OC)c(OC)c3)o2)cc1. The molecule has 3 aromatic rings. The van der Waals surface area contributed by atoms with E-state index in [1.807, 2.05) is 0 Å². The fourth-order valence-corrected chi connectivity index (χ4v) is 2.51. The number of carbonyl (C=O) groups excluding carboxylic acids is 1. The largest absolute Gasteiger partial charge is 0.497 e. The van der Waals surface area contributed by atoms with E-state index < -0.39 is 0 Å². The van der Waals surface area contributed by atoms with Crippen molar-refractivity contribution in [2.75, 3.05) is 33.8 Å². The first kappa shape index (κ1) is 19.0. The molecule has 0 saturated heterocycles. The smallest absolute Gasteiger partial charge is 0.322 e. The summed E-state index contributed by atoms with van der Waals surface area (Å²) < 4.78 is 26.5. The lowest BCUT2D eigenvalue weighted by atomic mass is 10.2. The molecule has 9 heteroatoms. The van der Waals surface area contributed by atoms with E-state index in [-0.39, 0.29) is 17.8 Å². The first-order chi connectivity index (χ1) is 13.6. The van der Waals surface area contributed by atoms with Crippen LogP contribution in [0, 0.1) is 0 Å². The van der Waals surface area contributed by atoms with Crippen LogP contribution < -0.4 is 24.3 Å². The number of ether oxygens (including phenoxy) is 4. The van der Waals surface area contributed by atoms with Crippen LogP contribution in [0.2, 0.25) is 0 Å². The number of hydrogen-bond donors (Lipinski definition) is 1. The number of amides is 1. The van der Waals surface area contributed by atoms with Gasteiger partial charge in [0.25, 0.3) is 5.91 Å². The molecule has 0 atom stereocenters. The first-order valence-corrected chi connectivity index (χ1v) is 8.19. The number of aromatic nitrogens is 2. The minimum atomic E-state index is -0.386. The van der Waals surface area contributed by atoms with Crippen molar-refractivity contribution in [1.82, 2.24) is 10.2 Å². The molecule has 0 radical (unpaired) electrons. The number of hydrogen-bond acceptors (Lipinski definition) is 8. The average Bonchev–Trinajstić information content (AvgIpc) is 3.21. The summed E-state index contributed by atoms with van der Waals surface area (Å²) in [6.45, 7) is 0. The maximum atomic E-state index is 12.3. The number of anilines is 1. The van der Waals surface area contributed by atoms with E-state index >= 15 is 0 Å². The molecule has 28 heavy (non-hydrogen) atoms. The third-order valence-corrected chi connectivity index (χ3v) is 3.91. The normalized spacial score (nSPS) is 10.3. The highest BCUT2D eigenvalue weighted by molar-refractivity contribution is 6.03. The van der Waals surface area contributed by atoms with Crippen molar-refractivity contribution in [3.05, 3.63) is 42.0 Å². The summed E-state index contributed by atoms with van der Waals surface area (Å²) in [4.78, 5) is 12.3. The molecular formula is C19H19N3O6. The summed E-state index contributed by atoms with van der Waals surface area (Å²) in [7, 11) is 6.09. The summed E-state index contributed by atoms with van der Waals surface area (Å²) >= 11 is 0. The summed E-state index contributed by atoms with van der Waals surface area (Å²) in [5, 5.41) is 10.4. The van der Waals surface area contributed by atoms with Crippen molar-refractivity contribution in [1.29, 1.82) is 0 Å². The Labute approximate surface area is 161 Å². The maximum Gasteiger partial charge on any atom is 0.322 e. The monoisotopic (exact) mass is 385 g/mol. The second kappa shape index (κ2) is 8.30. The Morgan fingerprint density at radius 1 is 0.893 bits per heavy atom. The van der Waals surface area contributed by atoms with Gasteiger partial charge in [0.1, 0.15) is 5.75 Å². The lowest BCUT2D eigenvalue weighted by molar-refractivity contribution is 0.102. The number of carbonyl (C=O) groups is 1. The van der Waals surface area contributed by atoms with Crippen LogP contribution in [0.15, 0.2) is 40.8 Å². The Kier molecular flexibility index (Phi) is 5.64. The van der Waals surface area contributed by atoms with Gasteiger partial charge in [-0.1, -0.05) is 5.10 Å². The van der Waals surface area contributed by atoms with Gasteiger partial charge >= 0.3 is 6.01 Å². The molecule has 1 N–H and O–H groups in total. The Morgan fingerprint density at radius 3 is 2.07 bits per heavy atom. The Hall–Kier alpha value is -3.75. The molecule has 2 aromatic carbocycles. The van der Waals surface area contributed by atoms with Crippen LogP contribution in [0.4, 0.5) is 6.01 Å². The fourth-order valence-electron chi connectivity index (χ4n) is 2.51. The number of methoxy groups -OCH3 is 4. The fraction of sp³-hybridized carbons (Fsp3) is 0.211. The van der Waals surface area contributed by atoms with E-state index in [1.54, 1.807) is 43.5 Å². The van der Waals surface area contributed by atoms with Gasteiger partial charge in [-0.3, -0.25) is 10.1 Å². The highest BCUT2D eigenvalue weighted by atomic mass is 16.5. The minimum absolute atomic E-state index is 0.0374. The number of benzene rings is 2. The van der Waals surface area contributed by atoms with Gasteiger partial charge in [0.15, 0.2) is 11.5 Å². The molecule has 146 valence electrons. The van der Waals surface area contributed by atoms with E-state index in [0.29, 0.717) is 34.1 Å². The van der Waals surface area contributed by atoms with Gasteiger partial charge in [-0.05, 0) is 36.4 Å². The second-order valence-electron chi connectivity index (χ2n) is 5.51. The standard InChI is InChI=1S/C19H19N3O6/c1-24-13-7-5-11(6-8-13)17(23)20-19-22-21-18(28-19)12-9-14(25-2)16(27-4)15(10-12)26-3/h5-10H,1-4H3,(H,20,22,23). The van der Waals surface area contributed by atoms with Gasteiger partial charge < -0.3 is 23.4 Å². The predicted octanol–water partition coefficient (Wildman–Crippen LogP) is 3.02. The zero-order valence-corrected chi connectivity index (χ0v) is 15.8. The highest BCUT2D eigenvalue weighted by Crippen LogP contribution is 2.41. The quantitative estimate of drug-likeness (QED) is 0.662. The number of rotatable bonds is 7. The molecule has 1 heterocycles. The van der Waals surface area contributed by atoms with Crippen LogP contribution in [-0.2, 0) is 0 Å². The predicted molar refractivity (Wildman–Crippen MR) is 100 cm³/mol. The van der Waals surface area contributed by atoms with Crippen molar-refractivity contribution in [3.8, 4) is 34.5 Å². The van der Waals surface area contributed by atoms with Crippen LogP contribution in [0.25, 0.3) is 11.5 Å². The molecule has 0 unspecified atom stereocenters. The van der Waals surface area contributed by atoms with Gasteiger partial charge in [0, 0.05) is 11.1 Å². The molecule has 3 rings (SSSR count). The van der Waals surface area contributed by atoms with Crippen LogP contribution >= 0.6 is 0 Å². The third-order valence-electron chi connectivity index (χ3n) is 3.91. The van der Waals surface area contributed by atoms with Crippen LogP contribution in [-0.4, -0.2) is 44.5 Å². The third kappa shape index (κ3) is 3.83. The van der Waals surface area contributed by atoms with Crippen LogP contribution in [0.5, 0.6) is 23.0 Å². The molecule has 1 aromatic heterocycles. The molecule has 0 saturated carbocycles. The molecule has 0 bridgehead atoms. The van der Waals surface area contributed by atoms with Gasteiger partial charge in [-0.25, -0.2) is 0 Å². The number of nitrogens with zero attached hydrogens (tertiary/aromatic N) is 2. The lowest BCUT2D eigenvalue weighted by Crippen LogP contribution is -2.11. The Bertz CT molecular complexity index is 943. The van der Waals surface area contributed by atoms with Crippen LogP contribution in [0.1, 0.15) is 10.4 Å². The van der Waals surface area contributed by atoms with Crippen molar-refractivity contribution >= 4 is 11.9 Å². The Balaban J connectivity index is 1.82. The molecule has 1 amide bonds. The summed E-state index contributed by atoms with van der Waals surface area (Å²) in [5.41, 5.74) is 0.972. The minimum Gasteiger partial charge on any atom is -0.497 e. The van der Waals surface area contributed by atoms with E-state index in [2.05, 4.69) is 15.5 Å². The van der Waals surface area contributed by atoms with Gasteiger partial charge in [-0.15, -0.1) is 5.10 Å². The molecule has 9 nitrogen and oxygen atoms in total. The topological polar surface area (TPSA) is 105 Å². The second-order valence-corrected chi connectivity index (χ2v) is 5.51. The zero-order valence-electron chi connectivity index (χ0n) is 15.8. The summed E-state index contributed by atoms with van der Waals surface area (Å²) in [6, 6.07) is 9.93. The summed E-state index contributed by atoms with van der Waals surface area (Å²) in [5.74, 6) is 1.78. The van der Waals surface area contributed by atoms with Crippen molar-refractivity contribution < 1.29 is 28.2 Å². The number of nitrogens with one attached hydrogen (secondary N) is 1. The summed E-state index contributed by atoms with van der Waals surface area (Å²) in [6.07, 6.45) is 0. The molecule has 0 aliphatic rings. The first-order valence-electron chi connectivity index (χ1n) is 8.19. The molecule has 0 aliphatic carbocycles.